The van der Waals surface area contributed by atoms with Crippen LogP contribution in [0, 0.1) is 0 Å². The van der Waals surface area contributed by atoms with Crippen molar-refractivity contribution in [3.63, 3.8) is 0 Å². The molecule has 15 heavy (non-hydrogen) atoms. The van der Waals surface area contributed by atoms with Gasteiger partial charge in [-0.05, 0) is 39.8 Å². The zero-order chi connectivity index (χ0) is 11.3. The summed E-state index contributed by atoms with van der Waals surface area (Å²) in [6.07, 6.45) is 2.40. The highest BCUT2D eigenvalue weighted by molar-refractivity contribution is 4.81. The lowest BCUT2D eigenvalue weighted by molar-refractivity contribution is 0.0609. The van der Waals surface area contributed by atoms with E-state index < -0.39 is 0 Å². The largest absolute Gasteiger partial charge is 0.330 e. The molecule has 0 aromatic heterocycles. The van der Waals surface area contributed by atoms with Gasteiger partial charge >= 0.3 is 0 Å². The third kappa shape index (κ3) is 3.74. The number of rotatable bonds is 5. The molecule has 0 aliphatic carbocycles. The average Bonchev–Trinajstić information content (AvgIpc) is 2.25. The Balaban J connectivity index is 2.33. The Morgan fingerprint density at radius 3 is 2.67 bits per heavy atom. The van der Waals surface area contributed by atoms with E-state index >= 15 is 0 Å². The molecule has 2 N–H and O–H groups in total. The van der Waals surface area contributed by atoms with Gasteiger partial charge in [0.1, 0.15) is 0 Å². The first-order chi connectivity index (χ1) is 7.19. The molecule has 0 radical (unpaired) electrons. The van der Waals surface area contributed by atoms with Gasteiger partial charge < -0.3 is 5.73 Å². The third-order valence-electron chi connectivity index (χ3n) is 3.65. The first-order valence-electron chi connectivity index (χ1n) is 6.37. The summed E-state index contributed by atoms with van der Waals surface area (Å²) in [5.74, 6) is 0. The van der Waals surface area contributed by atoms with Gasteiger partial charge in [0.25, 0.3) is 0 Å². The van der Waals surface area contributed by atoms with Crippen LogP contribution < -0.4 is 5.73 Å². The molecule has 1 fully saturated rings. The van der Waals surface area contributed by atoms with Crippen molar-refractivity contribution in [3.8, 4) is 0 Å². The molecule has 0 aromatic carbocycles. The lowest BCUT2D eigenvalue weighted by Gasteiger charge is -2.42. The van der Waals surface area contributed by atoms with E-state index in [1.165, 1.54) is 32.6 Å². The Kier molecular flexibility index (Phi) is 5.58. The highest BCUT2D eigenvalue weighted by atomic mass is 15.3. The predicted octanol–water partition coefficient (Wildman–Crippen LogP) is 1.14. The molecule has 1 aliphatic rings. The lowest BCUT2D eigenvalue weighted by Crippen LogP contribution is -2.54. The maximum atomic E-state index is 5.55. The highest BCUT2D eigenvalue weighted by Crippen LogP contribution is 2.14. The van der Waals surface area contributed by atoms with E-state index in [0.29, 0.717) is 12.1 Å². The summed E-state index contributed by atoms with van der Waals surface area (Å²) in [6.45, 7) is 12.6. The summed E-state index contributed by atoms with van der Waals surface area (Å²) in [5.41, 5.74) is 5.55. The van der Waals surface area contributed by atoms with Crippen LogP contribution in [0.25, 0.3) is 0 Å². The second kappa shape index (κ2) is 6.46. The molecule has 1 saturated heterocycles. The Morgan fingerprint density at radius 1 is 1.40 bits per heavy atom. The second-order valence-electron chi connectivity index (χ2n) is 4.75. The molecule has 3 nitrogen and oxygen atoms in total. The highest BCUT2D eigenvalue weighted by Gasteiger charge is 2.24. The fourth-order valence-corrected chi connectivity index (χ4v) is 2.49. The quantitative estimate of drug-likeness (QED) is 0.743. The maximum Gasteiger partial charge on any atom is 0.0195 e. The molecular weight excluding hydrogens is 186 g/mol. The minimum atomic E-state index is 0.704. The number of nitrogens with zero attached hydrogens (tertiary/aromatic N) is 2. The van der Waals surface area contributed by atoms with Crippen LogP contribution in [0.15, 0.2) is 0 Å². The standard InChI is InChI=1S/C12H27N3/c1-4-14-8-9-15(10-12(14)3)11(2)6-5-7-13/h11-12H,4-10,13H2,1-3H3. The van der Waals surface area contributed by atoms with Crippen molar-refractivity contribution in [1.29, 1.82) is 0 Å². The third-order valence-corrected chi connectivity index (χ3v) is 3.65. The molecule has 0 spiro atoms. The molecule has 2 unspecified atom stereocenters. The second-order valence-corrected chi connectivity index (χ2v) is 4.75. The van der Waals surface area contributed by atoms with E-state index in [2.05, 4.69) is 30.6 Å². The predicted molar refractivity (Wildman–Crippen MR) is 66.0 cm³/mol. The first-order valence-corrected chi connectivity index (χ1v) is 6.37. The van der Waals surface area contributed by atoms with Crippen LogP contribution in [0.4, 0.5) is 0 Å². The number of nitrogens with two attached hydrogens (primary N) is 1. The average molecular weight is 213 g/mol. The van der Waals surface area contributed by atoms with Crippen LogP contribution in [0.5, 0.6) is 0 Å². The summed E-state index contributed by atoms with van der Waals surface area (Å²) >= 11 is 0. The smallest absolute Gasteiger partial charge is 0.0195 e. The van der Waals surface area contributed by atoms with Gasteiger partial charge in [0.15, 0.2) is 0 Å². The van der Waals surface area contributed by atoms with Crippen molar-refractivity contribution in [1.82, 2.24) is 9.80 Å². The first kappa shape index (κ1) is 12.9. The number of likely N-dealkylation sites (N-methyl/N-ethyl adjacent to an activating group) is 1. The topological polar surface area (TPSA) is 32.5 Å². The zero-order valence-electron chi connectivity index (χ0n) is 10.6. The van der Waals surface area contributed by atoms with E-state index in [0.717, 1.165) is 13.0 Å². The molecule has 0 amide bonds. The van der Waals surface area contributed by atoms with Gasteiger partial charge in [-0.3, -0.25) is 9.80 Å². The maximum absolute atomic E-state index is 5.55. The molecule has 2 atom stereocenters. The molecule has 90 valence electrons. The van der Waals surface area contributed by atoms with Crippen LogP contribution in [-0.4, -0.2) is 54.6 Å². The van der Waals surface area contributed by atoms with Crippen molar-refractivity contribution < 1.29 is 0 Å². The van der Waals surface area contributed by atoms with Crippen molar-refractivity contribution in [2.75, 3.05) is 32.7 Å². The lowest BCUT2D eigenvalue weighted by atomic mass is 10.1. The van der Waals surface area contributed by atoms with E-state index in [9.17, 15) is 0 Å². The fraction of sp³-hybridized carbons (Fsp3) is 1.00. The van der Waals surface area contributed by atoms with Crippen LogP contribution in [0.2, 0.25) is 0 Å². The SMILES string of the molecule is CCN1CCN(C(C)CCCN)CC1C. The fourth-order valence-electron chi connectivity index (χ4n) is 2.49. The van der Waals surface area contributed by atoms with Gasteiger partial charge in [-0.1, -0.05) is 6.92 Å². The van der Waals surface area contributed by atoms with Crippen molar-refractivity contribution in [2.45, 2.75) is 45.7 Å². The minimum absolute atomic E-state index is 0.704. The Hall–Kier alpha value is -0.120. The molecule has 0 saturated carbocycles. The summed E-state index contributed by atoms with van der Waals surface area (Å²) in [4.78, 5) is 5.18. The Bertz CT molecular complexity index is 172. The van der Waals surface area contributed by atoms with Gasteiger partial charge in [0.2, 0.25) is 0 Å². The van der Waals surface area contributed by atoms with E-state index in [1.54, 1.807) is 0 Å². The molecule has 1 rings (SSSR count). The molecule has 0 aromatic rings. The van der Waals surface area contributed by atoms with Crippen molar-refractivity contribution in [3.05, 3.63) is 0 Å². The van der Waals surface area contributed by atoms with Crippen LogP contribution in [0.1, 0.15) is 33.6 Å². The molecule has 0 bridgehead atoms. The van der Waals surface area contributed by atoms with Crippen LogP contribution in [-0.2, 0) is 0 Å². The molecule has 1 heterocycles. The summed E-state index contributed by atoms with van der Waals surface area (Å²) < 4.78 is 0. The zero-order valence-corrected chi connectivity index (χ0v) is 10.6. The van der Waals surface area contributed by atoms with E-state index in [1.807, 2.05) is 0 Å². The van der Waals surface area contributed by atoms with Crippen LogP contribution >= 0.6 is 0 Å². The summed E-state index contributed by atoms with van der Waals surface area (Å²) in [7, 11) is 0. The summed E-state index contributed by atoms with van der Waals surface area (Å²) in [5, 5.41) is 0. The van der Waals surface area contributed by atoms with E-state index in [4.69, 9.17) is 5.73 Å². The van der Waals surface area contributed by atoms with Crippen LogP contribution in [0.3, 0.4) is 0 Å². The van der Waals surface area contributed by atoms with Gasteiger partial charge in [-0.15, -0.1) is 0 Å². The Labute approximate surface area is 94.6 Å². The normalized spacial score (nSPS) is 26.8. The van der Waals surface area contributed by atoms with Crippen molar-refractivity contribution in [2.24, 2.45) is 5.73 Å². The van der Waals surface area contributed by atoms with Gasteiger partial charge in [0, 0.05) is 31.7 Å². The molecular formula is C12H27N3. The Morgan fingerprint density at radius 2 is 2.13 bits per heavy atom. The van der Waals surface area contributed by atoms with Gasteiger partial charge in [0.05, 0.1) is 0 Å². The summed E-state index contributed by atoms with van der Waals surface area (Å²) in [6, 6.07) is 1.42. The van der Waals surface area contributed by atoms with Gasteiger partial charge in [-0.25, -0.2) is 0 Å². The monoisotopic (exact) mass is 213 g/mol. The number of hydrogen-bond donors (Lipinski definition) is 1. The molecule has 1 aliphatic heterocycles. The molecule has 3 heteroatoms. The number of piperazine rings is 1. The number of hydrogen-bond acceptors (Lipinski definition) is 3. The van der Waals surface area contributed by atoms with Gasteiger partial charge in [-0.2, -0.15) is 0 Å². The van der Waals surface area contributed by atoms with Crippen molar-refractivity contribution >= 4 is 0 Å². The minimum Gasteiger partial charge on any atom is -0.330 e. The van der Waals surface area contributed by atoms with E-state index in [-0.39, 0.29) is 0 Å².